The zero-order chi connectivity index (χ0) is 11.8. The van der Waals surface area contributed by atoms with Gasteiger partial charge in [-0.05, 0) is 22.4 Å². The lowest BCUT2D eigenvalue weighted by atomic mass is 10.0. The predicted octanol–water partition coefficient (Wildman–Crippen LogP) is 2.45. The second kappa shape index (κ2) is 3.86. The van der Waals surface area contributed by atoms with Gasteiger partial charge in [-0.2, -0.15) is 0 Å². The molecule has 0 spiro atoms. The van der Waals surface area contributed by atoms with E-state index in [1.54, 1.807) is 0 Å². The van der Waals surface area contributed by atoms with Crippen molar-refractivity contribution in [2.24, 2.45) is 0 Å². The first kappa shape index (κ1) is 10.3. The van der Waals surface area contributed by atoms with Crippen molar-refractivity contribution in [3.8, 4) is 0 Å². The molecule has 2 atom stereocenters. The molecule has 3 nitrogen and oxygen atoms in total. The van der Waals surface area contributed by atoms with Crippen LogP contribution in [0.4, 0.5) is 0 Å². The van der Waals surface area contributed by atoms with Gasteiger partial charge < -0.3 is 9.47 Å². The highest BCUT2D eigenvalue weighted by Crippen LogP contribution is 2.40. The molecule has 0 aliphatic carbocycles. The van der Waals surface area contributed by atoms with E-state index in [4.69, 9.17) is 4.74 Å². The van der Waals surface area contributed by atoms with E-state index < -0.39 is 6.10 Å². The third-order valence-electron chi connectivity index (χ3n) is 3.03. The number of ether oxygens (including phenoxy) is 2. The Kier molecular flexibility index (Phi) is 2.34. The van der Waals surface area contributed by atoms with E-state index in [-0.39, 0.29) is 12.1 Å². The number of esters is 1. The van der Waals surface area contributed by atoms with Crippen LogP contribution < -0.4 is 0 Å². The molecule has 0 amide bonds. The summed E-state index contributed by atoms with van der Waals surface area (Å²) in [5.41, 5.74) is 1.03. The van der Waals surface area contributed by atoms with E-state index in [2.05, 4.69) is 16.9 Å². The van der Waals surface area contributed by atoms with Crippen LogP contribution >= 0.6 is 0 Å². The first-order chi connectivity index (χ1) is 8.29. The topological polar surface area (TPSA) is 38.8 Å². The molecule has 1 aliphatic heterocycles. The van der Waals surface area contributed by atoms with Crippen LogP contribution in [0.2, 0.25) is 0 Å². The number of hydrogen-bond acceptors (Lipinski definition) is 3. The second-order valence-electron chi connectivity index (χ2n) is 4.11. The fourth-order valence-electron chi connectivity index (χ4n) is 2.05. The molecule has 2 aromatic carbocycles. The van der Waals surface area contributed by atoms with Crippen molar-refractivity contribution in [2.75, 3.05) is 7.11 Å². The number of benzene rings is 2. The first-order valence-electron chi connectivity index (χ1n) is 5.51. The lowest BCUT2D eigenvalue weighted by molar-refractivity contribution is -0.142. The Morgan fingerprint density at radius 2 is 1.94 bits per heavy atom. The molecule has 0 unspecified atom stereocenters. The number of fused-ring (bicyclic) bond motifs is 1. The molecular formula is C14H12O3. The number of epoxide rings is 1. The van der Waals surface area contributed by atoms with E-state index >= 15 is 0 Å². The van der Waals surface area contributed by atoms with Crippen molar-refractivity contribution >= 4 is 16.7 Å². The Morgan fingerprint density at radius 3 is 2.71 bits per heavy atom. The van der Waals surface area contributed by atoms with Gasteiger partial charge in [-0.15, -0.1) is 0 Å². The van der Waals surface area contributed by atoms with Gasteiger partial charge in [-0.3, -0.25) is 0 Å². The second-order valence-corrected chi connectivity index (χ2v) is 4.11. The molecule has 1 fully saturated rings. The van der Waals surface area contributed by atoms with Crippen LogP contribution in [0.25, 0.3) is 10.8 Å². The lowest BCUT2D eigenvalue weighted by Crippen LogP contribution is -2.09. The van der Waals surface area contributed by atoms with Crippen LogP contribution in [-0.2, 0) is 14.3 Å². The summed E-state index contributed by atoms with van der Waals surface area (Å²) in [7, 11) is 1.38. The normalized spacial score (nSPS) is 22.4. The summed E-state index contributed by atoms with van der Waals surface area (Å²) >= 11 is 0. The fourth-order valence-corrected chi connectivity index (χ4v) is 2.05. The average Bonchev–Trinajstić information content (AvgIpc) is 3.17. The zero-order valence-electron chi connectivity index (χ0n) is 9.42. The monoisotopic (exact) mass is 228 g/mol. The number of carbonyl (C=O) groups is 1. The Labute approximate surface area is 99.0 Å². The maximum absolute atomic E-state index is 11.3. The number of methoxy groups -OCH3 is 1. The van der Waals surface area contributed by atoms with Gasteiger partial charge in [0.05, 0.1) is 7.11 Å². The standard InChI is InChI=1S/C14H12O3/c1-16-14(15)13-12(17-13)11-7-6-9-4-2-3-5-10(9)8-11/h2-8,12-13H,1H3/t12-,13+/m0/s1. The van der Waals surface area contributed by atoms with Gasteiger partial charge >= 0.3 is 5.97 Å². The van der Waals surface area contributed by atoms with Crippen LogP contribution in [-0.4, -0.2) is 19.2 Å². The quantitative estimate of drug-likeness (QED) is 0.585. The van der Waals surface area contributed by atoms with Gasteiger partial charge in [0.2, 0.25) is 0 Å². The summed E-state index contributed by atoms with van der Waals surface area (Å²) in [6, 6.07) is 14.2. The lowest BCUT2D eigenvalue weighted by Gasteiger charge is -2.00. The van der Waals surface area contributed by atoms with E-state index in [0.29, 0.717) is 0 Å². The summed E-state index contributed by atoms with van der Waals surface area (Å²) in [6.07, 6.45) is -0.576. The molecule has 1 heterocycles. The maximum Gasteiger partial charge on any atom is 0.338 e. The van der Waals surface area contributed by atoms with Crippen LogP contribution in [0.3, 0.4) is 0 Å². The first-order valence-corrected chi connectivity index (χ1v) is 5.51. The smallest absolute Gasteiger partial charge is 0.338 e. The number of carbonyl (C=O) groups excluding carboxylic acids is 1. The molecule has 86 valence electrons. The minimum atomic E-state index is -0.429. The van der Waals surface area contributed by atoms with Gasteiger partial charge in [-0.25, -0.2) is 4.79 Å². The Balaban J connectivity index is 1.90. The molecule has 0 N–H and O–H groups in total. The molecule has 2 aromatic rings. The van der Waals surface area contributed by atoms with Crippen LogP contribution in [0.5, 0.6) is 0 Å². The Bertz CT molecular complexity index is 576. The fraction of sp³-hybridized carbons (Fsp3) is 0.214. The van der Waals surface area contributed by atoms with E-state index in [0.717, 1.165) is 10.9 Å². The molecule has 0 radical (unpaired) electrons. The van der Waals surface area contributed by atoms with Gasteiger partial charge in [0.15, 0.2) is 6.10 Å². The van der Waals surface area contributed by atoms with Crippen LogP contribution in [0.15, 0.2) is 42.5 Å². The zero-order valence-corrected chi connectivity index (χ0v) is 9.42. The summed E-state index contributed by atoms with van der Waals surface area (Å²) in [5.74, 6) is -0.303. The molecule has 1 aliphatic rings. The number of rotatable bonds is 2. The maximum atomic E-state index is 11.3. The third-order valence-corrected chi connectivity index (χ3v) is 3.03. The van der Waals surface area contributed by atoms with E-state index in [1.807, 2.05) is 30.3 Å². The molecule has 1 saturated heterocycles. The predicted molar refractivity (Wildman–Crippen MR) is 63.6 cm³/mol. The van der Waals surface area contributed by atoms with Crippen molar-refractivity contribution in [1.29, 1.82) is 0 Å². The van der Waals surface area contributed by atoms with Crippen LogP contribution in [0, 0.1) is 0 Å². The van der Waals surface area contributed by atoms with Gasteiger partial charge in [0.25, 0.3) is 0 Å². The minimum absolute atomic E-state index is 0.146. The van der Waals surface area contributed by atoms with Crippen molar-refractivity contribution in [1.82, 2.24) is 0 Å². The van der Waals surface area contributed by atoms with Gasteiger partial charge in [0, 0.05) is 0 Å². The summed E-state index contributed by atoms with van der Waals surface area (Å²) < 4.78 is 9.98. The molecule has 3 rings (SSSR count). The largest absolute Gasteiger partial charge is 0.467 e. The highest BCUT2D eigenvalue weighted by molar-refractivity contribution is 5.84. The van der Waals surface area contributed by atoms with E-state index in [9.17, 15) is 4.79 Å². The SMILES string of the molecule is COC(=O)[C@@H]1O[C@H]1c1ccc2ccccc2c1. The van der Waals surface area contributed by atoms with Crippen molar-refractivity contribution in [2.45, 2.75) is 12.2 Å². The van der Waals surface area contributed by atoms with Crippen molar-refractivity contribution in [3.05, 3.63) is 48.0 Å². The molecule has 17 heavy (non-hydrogen) atoms. The third kappa shape index (κ3) is 1.78. The summed E-state index contributed by atoms with van der Waals surface area (Å²) in [4.78, 5) is 11.3. The molecule has 0 aromatic heterocycles. The molecule has 0 bridgehead atoms. The Morgan fingerprint density at radius 1 is 1.18 bits per heavy atom. The minimum Gasteiger partial charge on any atom is -0.467 e. The van der Waals surface area contributed by atoms with Crippen molar-refractivity contribution < 1.29 is 14.3 Å². The number of hydrogen-bond donors (Lipinski definition) is 0. The average molecular weight is 228 g/mol. The van der Waals surface area contributed by atoms with Crippen LogP contribution in [0.1, 0.15) is 11.7 Å². The Hall–Kier alpha value is -1.87. The van der Waals surface area contributed by atoms with E-state index in [1.165, 1.54) is 12.5 Å². The van der Waals surface area contributed by atoms with Gasteiger partial charge in [-0.1, -0.05) is 36.4 Å². The molecular weight excluding hydrogens is 216 g/mol. The highest BCUT2D eigenvalue weighted by atomic mass is 16.6. The molecule has 3 heteroatoms. The van der Waals surface area contributed by atoms with Gasteiger partial charge in [0.1, 0.15) is 6.10 Å². The molecule has 0 saturated carbocycles. The van der Waals surface area contributed by atoms with Crippen molar-refractivity contribution in [3.63, 3.8) is 0 Å². The summed E-state index contributed by atoms with van der Waals surface area (Å²) in [6.45, 7) is 0. The summed E-state index contributed by atoms with van der Waals surface area (Å²) in [5, 5.41) is 2.34. The highest BCUT2D eigenvalue weighted by Gasteiger charge is 2.47.